The van der Waals surface area contributed by atoms with Crippen LogP contribution in [-0.4, -0.2) is 48.7 Å². The summed E-state index contributed by atoms with van der Waals surface area (Å²) in [5, 5.41) is 0. The third kappa shape index (κ3) is 13.2. The molecular weight excluding hydrogens is 290 g/mol. The summed E-state index contributed by atoms with van der Waals surface area (Å²) in [6, 6.07) is 0. The van der Waals surface area contributed by atoms with E-state index in [1.165, 1.54) is 38.5 Å². The predicted molar refractivity (Wildman–Crippen MR) is 93.8 cm³/mol. The van der Waals surface area contributed by atoms with Crippen molar-refractivity contribution in [1.29, 1.82) is 0 Å². The summed E-state index contributed by atoms with van der Waals surface area (Å²) >= 11 is 9.45. The molecule has 0 aromatic rings. The van der Waals surface area contributed by atoms with Gasteiger partial charge in [-0.25, -0.2) is 0 Å². The first-order chi connectivity index (χ1) is 9.72. The lowest BCUT2D eigenvalue weighted by Crippen LogP contribution is -2.31. The Bertz CT molecular complexity index is 212. The van der Waals surface area contributed by atoms with Crippen molar-refractivity contribution in [2.75, 3.05) is 39.5 Å². The molecule has 0 atom stereocenters. The van der Waals surface area contributed by atoms with Gasteiger partial charge in [0.15, 0.2) is 0 Å². The maximum absolute atomic E-state index is 5.52. The molecule has 120 valence electrons. The van der Waals surface area contributed by atoms with Gasteiger partial charge in [-0.15, -0.1) is 12.6 Å². The van der Waals surface area contributed by atoms with Gasteiger partial charge in [-0.2, -0.15) is 0 Å². The van der Waals surface area contributed by atoms with Gasteiger partial charge in [0.25, 0.3) is 0 Å². The highest BCUT2D eigenvalue weighted by molar-refractivity contribution is 8.10. The van der Waals surface area contributed by atoms with Crippen molar-refractivity contribution in [3.8, 4) is 0 Å². The van der Waals surface area contributed by atoms with Crippen molar-refractivity contribution >= 4 is 29.2 Å². The number of unbranched alkanes of at least 4 members (excludes halogenated alkanes) is 5. The number of rotatable bonds is 14. The Balaban J connectivity index is 3.53. The van der Waals surface area contributed by atoms with Crippen LogP contribution in [0, 0.1) is 0 Å². The smallest absolute Gasteiger partial charge is 0.133 e. The maximum Gasteiger partial charge on any atom is 0.133 e. The van der Waals surface area contributed by atoms with Gasteiger partial charge in [-0.3, -0.25) is 0 Å². The Morgan fingerprint density at radius 2 is 1.55 bits per heavy atom. The van der Waals surface area contributed by atoms with E-state index in [1.807, 2.05) is 6.92 Å². The van der Waals surface area contributed by atoms with Crippen LogP contribution in [0.15, 0.2) is 0 Å². The largest absolute Gasteiger partial charge is 0.379 e. The lowest BCUT2D eigenvalue weighted by molar-refractivity contribution is 0.0487. The van der Waals surface area contributed by atoms with Crippen LogP contribution in [0.1, 0.15) is 52.4 Å². The first kappa shape index (κ1) is 20.2. The number of thiocarbonyl (C=S) groups is 1. The molecule has 0 aromatic carbocycles. The highest BCUT2D eigenvalue weighted by Gasteiger charge is 2.05. The van der Waals surface area contributed by atoms with Crippen LogP contribution in [0.5, 0.6) is 0 Å². The van der Waals surface area contributed by atoms with Crippen LogP contribution in [0.25, 0.3) is 0 Å². The quantitative estimate of drug-likeness (QED) is 0.297. The van der Waals surface area contributed by atoms with E-state index in [9.17, 15) is 0 Å². The van der Waals surface area contributed by atoms with E-state index in [2.05, 4.69) is 24.5 Å². The van der Waals surface area contributed by atoms with E-state index < -0.39 is 0 Å². The SMILES string of the molecule is CCCCCCCCN(CCOCCOCC)C(=S)S. The molecule has 0 unspecified atom stereocenters. The van der Waals surface area contributed by atoms with Gasteiger partial charge in [0.05, 0.1) is 19.8 Å². The molecule has 20 heavy (non-hydrogen) atoms. The number of ether oxygens (including phenoxy) is 2. The molecule has 0 fully saturated rings. The van der Waals surface area contributed by atoms with Gasteiger partial charge in [0, 0.05) is 19.7 Å². The van der Waals surface area contributed by atoms with Crippen molar-refractivity contribution in [3.63, 3.8) is 0 Å². The Morgan fingerprint density at radius 3 is 2.20 bits per heavy atom. The van der Waals surface area contributed by atoms with E-state index in [4.69, 9.17) is 21.7 Å². The van der Waals surface area contributed by atoms with E-state index in [-0.39, 0.29) is 0 Å². The lowest BCUT2D eigenvalue weighted by atomic mass is 10.1. The average Bonchev–Trinajstić information content (AvgIpc) is 2.43. The van der Waals surface area contributed by atoms with Crippen LogP contribution < -0.4 is 0 Å². The van der Waals surface area contributed by atoms with E-state index in [0.717, 1.165) is 19.7 Å². The molecule has 0 heterocycles. The van der Waals surface area contributed by atoms with Crippen molar-refractivity contribution in [1.82, 2.24) is 4.90 Å². The minimum absolute atomic E-state index is 0.651. The average molecular weight is 322 g/mol. The van der Waals surface area contributed by atoms with Gasteiger partial charge < -0.3 is 14.4 Å². The minimum Gasteiger partial charge on any atom is -0.379 e. The van der Waals surface area contributed by atoms with Crippen LogP contribution in [-0.2, 0) is 9.47 Å². The molecule has 0 spiro atoms. The lowest BCUT2D eigenvalue weighted by Gasteiger charge is -2.22. The second-order valence-electron chi connectivity index (χ2n) is 4.85. The van der Waals surface area contributed by atoms with Gasteiger partial charge in [-0.05, 0) is 13.3 Å². The van der Waals surface area contributed by atoms with Crippen LogP contribution in [0.3, 0.4) is 0 Å². The molecule has 0 aliphatic carbocycles. The summed E-state index contributed by atoms with van der Waals surface area (Å²) in [5.41, 5.74) is 0. The Morgan fingerprint density at radius 1 is 0.900 bits per heavy atom. The number of nitrogens with zero attached hydrogens (tertiary/aromatic N) is 1. The molecule has 5 heteroatoms. The van der Waals surface area contributed by atoms with E-state index in [0.29, 0.717) is 24.1 Å². The fourth-order valence-electron chi connectivity index (χ4n) is 1.93. The molecule has 0 radical (unpaired) electrons. The maximum atomic E-state index is 5.52. The fourth-order valence-corrected chi connectivity index (χ4v) is 2.31. The normalized spacial score (nSPS) is 10.8. The van der Waals surface area contributed by atoms with Crippen LogP contribution in [0.4, 0.5) is 0 Å². The first-order valence-corrected chi connectivity index (χ1v) is 8.71. The monoisotopic (exact) mass is 321 g/mol. The molecule has 3 nitrogen and oxygen atoms in total. The summed E-state index contributed by atoms with van der Waals surface area (Å²) in [6.07, 6.45) is 7.78. The molecule has 0 bridgehead atoms. The Kier molecular flexibility index (Phi) is 15.7. The van der Waals surface area contributed by atoms with Gasteiger partial charge in [0.1, 0.15) is 4.32 Å². The molecule has 0 amide bonds. The van der Waals surface area contributed by atoms with Crippen molar-refractivity contribution in [2.24, 2.45) is 0 Å². The summed E-state index contributed by atoms with van der Waals surface area (Å²) < 4.78 is 11.4. The number of hydrogen-bond acceptors (Lipinski definition) is 3. The summed E-state index contributed by atoms with van der Waals surface area (Å²) in [6.45, 7) is 8.79. The predicted octanol–water partition coefficient (Wildman–Crippen LogP) is 3.92. The zero-order chi connectivity index (χ0) is 15.1. The zero-order valence-electron chi connectivity index (χ0n) is 13.1. The summed E-state index contributed by atoms with van der Waals surface area (Å²) in [5.74, 6) is 0. The van der Waals surface area contributed by atoms with Crippen molar-refractivity contribution in [2.45, 2.75) is 52.4 Å². The minimum atomic E-state index is 0.651. The third-order valence-electron chi connectivity index (χ3n) is 3.13. The standard InChI is InChI=1S/C15H31NO2S2/c1-3-5-6-7-8-9-10-16(15(19)20)11-12-18-14-13-17-4-2/h3-14H2,1-2H3,(H,19,20). The second-order valence-corrected chi connectivity index (χ2v) is 5.96. The Hall–Kier alpha value is 0.160. The Labute approximate surface area is 135 Å². The molecular formula is C15H31NO2S2. The second kappa shape index (κ2) is 15.5. The van der Waals surface area contributed by atoms with Gasteiger partial charge >= 0.3 is 0 Å². The molecule has 0 aliphatic heterocycles. The van der Waals surface area contributed by atoms with Gasteiger partial charge in [-0.1, -0.05) is 51.2 Å². The topological polar surface area (TPSA) is 21.7 Å². The van der Waals surface area contributed by atoms with Gasteiger partial charge in [0.2, 0.25) is 0 Å². The number of hydrogen-bond donors (Lipinski definition) is 1. The van der Waals surface area contributed by atoms with Crippen LogP contribution >= 0.6 is 24.8 Å². The van der Waals surface area contributed by atoms with Crippen molar-refractivity contribution in [3.05, 3.63) is 0 Å². The molecule has 0 saturated carbocycles. The zero-order valence-corrected chi connectivity index (χ0v) is 14.8. The van der Waals surface area contributed by atoms with E-state index >= 15 is 0 Å². The molecule has 0 aliphatic rings. The molecule has 0 aromatic heterocycles. The third-order valence-corrected chi connectivity index (χ3v) is 3.67. The highest BCUT2D eigenvalue weighted by atomic mass is 32.1. The summed E-state index contributed by atoms with van der Waals surface area (Å²) in [7, 11) is 0. The fraction of sp³-hybridized carbons (Fsp3) is 0.933. The molecule has 0 rings (SSSR count). The van der Waals surface area contributed by atoms with E-state index in [1.54, 1.807) is 0 Å². The molecule has 0 saturated heterocycles. The van der Waals surface area contributed by atoms with Crippen molar-refractivity contribution < 1.29 is 9.47 Å². The van der Waals surface area contributed by atoms with Crippen LogP contribution in [0.2, 0.25) is 0 Å². The molecule has 0 N–H and O–H groups in total. The highest BCUT2D eigenvalue weighted by Crippen LogP contribution is 2.07. The summed E-state index contributed by atoms with van der Waals surface area (Å²) in [4.78, 5) is 2.12. The first-order valence-electron chi connectivity index (χ1n) is 7.85. The number of thiol groups is 1.